The standard InChI is InChI=1S/C15H22N4O/c1-5-18-15(4,14(16)20)8-19-9-17-12-6-10(2)11(3)7-13(12)19/h6-7,9,18H,5,8H2,1-4H3,(H2,16,20). The fourth-order valence-corrected chi connectivity index (χ4v) is 2.39. The summed E-state index contributed by atoms with van der Waals surface area (Å²) in [6.07, 6.45) is 1.77. The molecule has 108 valence electrons. The zero-order chi connectivity index (χ0) is 14.9. The van der Waals surface area contributed by atoms with Crippen LogP contribution < -0.4 is 11.1 Å². The van der Waals surface area contributed by atoms with Crippen molar-refractivity contribution in [2.45, 2.75) is 39.8 Å². The van der Waals surface area contributed by atoms with Gasteiger partial charge in [-0.3, -0.25) is 4.79 Å². The number of carbonyl (C=O) groups is 1. The molecule has 1 aromatic heterocycles. The summed E-state index contributed by atoms with van der Waals surface area (Å²) in [6.45, 7) is 9.08. The molecule has 0 radical (unpaired) electrons. The molecule has 1 heterocycles. The molecule has 0 fully saturated rings. The third-order valence-electron chi connectivity index (χ3n) is 3.83. The second-order valence-corrected chi connectivity index (χ2v) is 5.52. The van der Waals surface area contributed by atoms with Crippen LogP contribution in [-0.4, -0.2) is 27.5 Å². The maximum Gasteiger partial charge on any atom is 0.239 e. The van der Waals surface area contributed by atoms with Crippen LogP contribution in [0, 0.1) is 13.8 Å². The minimum Gasteiger partial charge on any atom is -0.368 e. The van der Waals surface area contributed by atoms with Crippen molar-refractivity contribution < 1.29 is 4.79 Å². The lowest BCUT2D eigenvalue weighted by Gasteiger charge is -2.27. The van der Waals surface area contributed by atoms with Gasteiger partial charge in [-0.1, -0.05) is 6.92 Å². The number of primary amides is 1. The Hall–Kier alpha value is -1.88. The number of aromatic nitrogens is 2. The van der Waals surface area contributed by atoms with Crippen molar-refractivity contribution in [3.05, 3.63) is 29.6 Å². The second kappa shape index (κ2) is 5.25. The number of rotatable bonds is 5. The summed E-state index contributed by atoms with van der Waals surface area (Å²) < 4.78 is 1.98. The number of amides is 1. The fourth-order valence-electron chi connectivity index (χ4n) is 2.39. The van der Waals surface area contributed by atoms with Gasteiger partial charge in [0.15, 0.2) is 0 Å². The molecule has 2 rings (SSSR count). The number of fused-ring (bicyclic) bond motifs is 1. The Morgan fingerprint density at radius 2 is 2.05 bits per heavy atom. The minimum absolute atomic E-state index is 0.356. The Morgan fingerprint density at radius 1 is 1.40 bits per heavy atom. The van der Waals surface area contributed by atoms with Crippen molar-refractivity contribution in [1.82, 2.24) is 14.9 Å². The van der Waals surface area contributed by atoms with E-state index < -0.39 is 5.54 Å². The van der Waals surface area contributed by atoms with E-state index in [2.05, 4.69) is 36.3 Å². The molecule has 20 heavy (non-hydrogen) atoms. The van der Waals surface area contributed by atoms with Gasteiger partial charge in [0.05, 0.1) is 23.9 Å². The molecule has 1 aromatic carbocycles. The molecule has 0 bridgehead atoms. The van der Waals surface area contributed by atoms with Gasteiger partial charge >= 0.3 is 0 Å². The molecule has 5 nitrogen and oxygen atoms in total. The maximum atomic E-state index is 11.7. The highest BCUT2D eigenvalue weighted by atomic mass is 16.1. The number of hydrogen-bond donors (Lipinski definition) is 2. The zero-order valence-electron chi connectivity index (χ0n) is 12.5. The monoisotopic (exact) mass is 274 g/mol. The van der Waals surface area contributed by atoms with E-state index in [-0.39, 0.29) is 5.91 Å². The van der Waals surface area contributed by atoms with E-state index in [1.54, 1.807) is 6.33 Å². The predicted molar refractivity (Wildman–Crippen MR) is 80.5 cm³/mol. The van der Waals surface area contributed by atoms with Crippen molar-refractivity contribution >= 4 is 16.9 Å². The van der Waals surface area contributed by atoms with Gasteiger partial charge in [-0.05, 0) is 50.6 Å². The minimum atomic E-state index is -0.777. The molecule has 0 aliphatic carbocycles. The summed E-state index contributed by atoms with van der Waals surface area (Å²) in [5, 5.41) is 3.16. The smallest absolute Gasteiger partial charge is 0.239 e. The van der Waals surface area contributed by atoms with Crippen LogP contribution >= 0.6 is 0 Å². The van der Waals surface area contributed by atoms with Gasteiger partial charge in [0.2, 0.25) is 5.91 Å². The van der Waals surface area contributed by atoms with Gasteiger partial charge in [0.1, 0.15) is 5.54 Å². The highest BCUT2D eigenvalue weighted by Gasteiger charge is 2.30. The zero-order valence-corrected chi connectivity index (χ0v) is 12.5. The number of hydrogen-bond acceptors (Lipinski definition) is 3. The largest absolute Gasteiger partial charge is 0.368 e. The normalized spacial score (nSPS) is 14.4. The Bertz CT molecular complexity index is 647. The van der Waals surface area contributed by atoms with E-state index in [1.807, 2.05) is 18.4 Å². The Balaban J connectivity index is 2.43. The second-order valence-electron chi connectivity index (χ2n) is 5.52. The van der Waals surface area contributed by atoms with E-state index in [4.69, 9.17) is 5.73 Å². The molecule has 0 saturated carbocycles. The van der Waals surface area contributed by atoms with Gasteiger partial charge in [0.25, 0.3) is 0 Å². The van der Waals surface area contributed by atoms with Gasteiger partial charge in [-0.2, -0.15) is 0 Å². The van der Waals surface area contributed by atoms with Crippen LogP contribution in [0.2, 0.25) is 0 Å². The van der Waals surface area contributed by atoms with Gasteiger partial charge in [-0.15, -0.1) is 0 Å². The number of aryl methyl sites for hydroxylation is 2. The number of benzene rings is 1. The number of nitrogens with two attached hydrogens (primary N) is 1. The molecular formula is C15H22N4O. The number of nitrogens with one attached hydrogen (secondary N) is 1. The first-order valence-corrected chi connectivity index (χ1v) is 6.84. The molecule has 3 N–H and O–H groups in total. The molecule has 0 aliphatic rings. The van der Waals surface area contributed by atoms with Crippen molar-refractivity contribution in [2.24, 2.45) is 5.73 Å². The van der Waals surface area contributed by atoms with Gasteiger partial charge in [-0.25, -0.2) is 4.98 Å². The summed E-state index contributed by atoms with van der Waals surface area (Å²) in [4.78, 5) is 16.1. The lowest BCUT2D eigenvalue weighted by atomic mass is 10.0. The molecule has 1 atom stereocenters. The molecule has 5 heteroatoms. The first-order valence-electron chi connectivity index (χ1n) is 6.84. The van der Waals surface area contributed by atoms with Crippen LogP contribution in [0.15, 0.2) is 18.5 Å². The summed E-state index contributed by atoms with van der Waals surface area (Å²) in [6, 6.07) is 4.17. The third kappa shape index (κ3) is 2.54. The van der Waals surface area contributed by atoms with Gasteiger partial charge in [0, 0.05) is 0 Å². The highest BCUT2D eigenvalue weighted by Crippen LogP contribution is 2.20. The van der Waals surface area contributed by atoms with E-state index >= 15 is 0 Å². The van der Waals surface area contributed by atoms with Crippen LogP contribution in [-0.2, 0) is 11.3 Å². The molecule has 0 aliphatic heterocycles. The van der Waals surface area contributed by atoms with Crippen molar-refractivity contribution in [1.29, 1.82) is 0 Å². The van der Waals surface area contributed by atoms with Crippen molar-refractivity contribution in [2.75, 3.05) is 6.54 Å². The topological polar surface area (TPSA) is 72.9 Å². The number of nitrogens with zero attached hydrogens (tertiary/aromatic N) is 2. The molecule has 0 spiro atoms. The number of carbonyl (C=O) groups excluding carboxylic acids is 1. The number of likely N-dealkylation sites (N-methyl/N-ethyl adjacent to an activating group) is 1. The van der Waals surface area contributed by atoms with E-state index in [0.29, 0.717) is 13.1 Å². The maximum absolute atomic E-state index is 11.7. The van der Waals surface area contributed by atoms with E-state index in [9.17, 15) is 4.79 Å². The Kier molecular flexibility index (Phi) is 3.81. The fraction of sp³-hybridized carbons (Fsp3) is 0.467. The summed E-state index contributed by atoms with van der Waals surface area (Å²) in [5.74, 6) is -0.356. The SMILES string of the molecule is CCNC(C)(Cn1cnc2cc(C)c(C)cc21)C(N)=O. The average molecular weight is 274 g/mol. The quantitative estimate of drug-likeness (QED) is 0.868. The summed E-state index contributed by atoms with van der Waals surface area (Å²) >= 11 is 0. The van der Waals surface area contributed by atoms with Crippen LogP contribution in [0.3, 0.4) is 0 Å². The molecule has 0 saturated heterocycles. The molecule has 1 amide bonds. The van der Waals surface area contributed by atoms with E-state index in [1.165, 1.54) is 11.1 Å². The van der Waals surface area contributed by atoms with Crippen LogP contribution in [0.1, 0.15) is 25.0 Å². The average Bonchev–Trinajstić information content (AvgIpc) is 2.72. The molecule has 2 aromatic rings. The van der Waals surface area contributed by atoms with Gasteiger partial charge < -0.3 is 15.6 Å². The highest BCUT2D eigenvalue weighted by molar-refractivity contribution is 5.84. The lowest BCUT2D eigenvalue weighted by molar-refractivity contribution is -0.124. The first-order chi connectivity index (χ1) is 9.37. The third-order valence-corrected chi connectivity index (χ3v) is 3.83. The Morgan fingerprint density at radius 3 is 2.65 bits per heavy atom. The van der Waals surface area contributed by atoms with Crippen LogP contribution in [0.25, 0.3) is 11.0 Å². The summed E-state index contributed by atoms with van der Waals surface area (Å²) in [5.41, 5.74) is 9.15. The lowest BCUT2D eigenvalue weighted by Crippen LogP contribution is -2.55. The summed E-state index contributed by atoms with van der Waals surface area (Å²) in [7, 11) is 0. The van der Waals surface area contributed by atoms with Crippen LogP contribution in [0.4, 0.5) is 0 Å². The number of imidazole rings is 1. The first kappa shape index (κ1) is 14.5. The van der Waals surface area contributed by atoms with Crippen molar-refractivity contribution in [3.8, 4) is 0 Å². The van der Waals surface area contributed by atoms with Crippen molar-refractivity contribution in [3.63, 3.8) is 0 Å². The van der Waals surface area contributed by atoms with E-state index in [0.717, 1.165) is 11.0 Å². The Labute approximate surface area is 119 Å². The molecular weight excluding hydrogens is 252 g/mol. The molecule has 1 unspecified atom stereocenters. The predicted octanol–water partition coefficient (Wildman–Crippen LogP) is 1.51. The van der Waals surface area contributed by atoms with Crippen LogP contribution in [0.5, 0.6) is 0 Å².